The molecule has 0 aromatic heterocycles. The predicted octanol–water partition coefficient (Wildman–Crippen LogP) is 6.32. The zero-order valence-corrected chi connectivity index (χ0v) is 19.1. The summed E-state index contributed by atoms with van der Waals surface area (Å²) in [5, 5.41) is 3.65. The molecule has 0 spiro atoms. The van der Waals surface area contributed by atoms with Gasteiger partial charge in [0.05, 0.1) is 5.02 Å². The molecular weight excluding hydrogens is 465 g/mol. The zero-order valence-electron chi connectivity index (χ0n) is 17.6. The normalized spacial score (nSPS) is 10.4. The molecule has 0 aliphatic rings. The van der Waals surface area contributed by atoms with Crippen LogP contribution in [0, 0.1) is 0 Å². The Labute approximate surface area is 201 Å². The summed E-state index contributed by atoms with van der Waals surface area (Å²) < 4.78 is 10.7. The molecule has 0 bridgehead atoms. The first kappa shape index (κ1) is 24.3. The largest absolute Gasteiger partial charge is 0.457 e. The fourth-order valence-electron chi connectivity index (χ4n) is 2.83. The van der Waals surface area contributed by atoms with Crippen LogP contribution in [0.2, 0.25) is 10.0 Å². The van der Waals surface area contributed by atoms with Crippen molar-refractivity contribution in [1.82, 2.24) is 0 Å². The third-order valence-electron chi connectivity index (χ3n) is 4.50. The number of Topliss-reactive ketones (excluding diaryl/α,β-unsaturated/α-hetero) is 1. The number of carbonyl (C=O) groups is 3. The van der Waals surface area contributed by atoms with Crippen LogP contribution in [0.1, 0.15) is 29.6 Å². The Morgan fingerprint density at radius 1 is 0.848 bits per heavy atom. The number of hydrogen-bond acceptors (Lipinski definition) is 5. The van der Waals surface area contributed by atoms with Crippen molar-refractivity contribution in [3.63, 3.8) is 0 Å². The molecule has 1 amide bonds. The number of benzene rings is 3. The van der Waals surface area contributed by atoms with Crippen LogP contribution in [-0.2, 0) is 14.3 Å². The molecule has 0 aliphatic heterocycles. The first-order valence-corrected chi connectivity index (χ1v) is 10.9. The van der Waals surface area contributed by atoms with E-state index in [1.54, 1.807) is 72.8 Å². The maximum atomic E-state index is 12.2. The van der Waals surface area contributed by atoms with Gasteiger partial charge in [0.25, 0.3) is 0 Å². The fourth-order valence-corrected chi connectivity index (χ4v) is 3.18. The van der Waals surface area contributed by atoms with Crippen LogP contribution in [0.5, 0.6) is 11.5 Å². The van der Waals surface area contributed by atoms with Crippen molar-refractivity contribution >= 4 is 46.5 Å². The zero-order chi connectivity index (χ0) is 23.6. The summed E-state index contributed by atoms with van der Waals surface area (Å²) in [4.78, 5) is 35.9. The molecule has 1 N–H and O–H groups in total. The SMILES string of the molecule is O=C(CCCC(=O)OCC(=O)c1ccccc1)Nc1ccc(Oc2ccc(Cl)cc2)c(Cl)c1. The number of nitrogens with one attached hydrogen (secondary N) is 1. The monoisotopic (exact) mass is 485 g/mol. The molecule has 3 aromatic carbocycles. The minimum Gasteiger partial charge on any atom is -0.457 e. The molecule has 6 nitrogen and oxygen atoms in total. The van der Waals surface area contributed by atoms with Gasteiger partial charge in [0.2, 0.25) is 5.91 Å². The Morgan fingerprint density at radius 3 is 2.27 bits per heavy atom. The highest BCUT2D eigenvalue weighted by Crippen LogP contribution is 2.32. The average Bonchev–Trinajstić information content (AvgIpc) is 2.81. The van der Waals surface area contributed by atoms with Gasteiger partial charge in [-0.3, -0.25) is 14.4 Å². The maximum Gasteiger partial charge on any atom is 0.306 e. The van der Waals surface area contributed by atoms with Crippen LogP contribution in [0.3, 0.4) is 0 Å². The van der Waals surface area contributed by atoms with Crippen LogP contribution < -0.4 is 10.1 Å². The van der Waals surface area contributed by atoms with Crippen LogP contribution in [0.15, 0.2) is 72.8 Å². The molecule has 0 fully saturated rings. The number of hydrogen-bond donors (Lipinski definition) is 1. The Balaban J connectivity index is 1.39. The fraction of sp³-hybridized carbons (Fsp3) is 0.160. The van der Waals surface area contributed by atoms with E-state index >= 15 is 0 Å². The highest BCUT2D eigenvalue weighted by atomic mass is 35.5. The predicted molar refractivity (Wildman–Crippen MR) is 127 cm³/mol. The third-order valence-corrected chi connectivity index (χ3v) is 5.05. The summed E-state index contributed by atoms with van der Waals surface area (Å²) >= 11 is 12.1. The summed E-state index contributed by atoms with van der Waals surface area (Å²) in [7, 11) is 0. The second-order valence-corrected chi connectivity index (χ2v) is 7.90. The number of anilines is 1. The second kappa shape index (κ2) is 12.0. The molecule has 0 heterocycles. The number of ether oxygens (including phenoxy) is 2. The van der Waals surface area contributed by atoms with Crippen molar-refractivity contribution in [3.8, 4) is 11.5 Å². The smallest absolute Gasteiger partial charge is 0.306 e. The molecule has 8 heteroatoms. The van der Waals surface area contributed by atoms with E-state index in [4.69, 9.17) is 32.7 Å². The quantitative estimate of drug-likeness (QED) is 0.268. The lowest BCUT2D eigenvalue weighted by Crippen LogP contribution is -2.15. The Bertz CT molecular complexity index is 1120. The number of esters is 1. The van der Waals surface area contributed by atoms with Gasteiger partial charge in [0.15, 0.2) is 12.4 Å². The molecule has 0 aliphatic carbocycles. The van der Waals surface area contributed by atoms with E-state index in [1.807, 2.05) is 0 Å². The van der Waals surface area contributed by atoms with E-state index in [1.165, 1.54) is 0 Å². The van der Waals surface area contributed by atoms with Crippen molar-refractivity contribution < 1.29 is 23.9 Å². The Morgan fingerprint density at radius 2 is 1.58 bits per heavy atom. The first-order valence-electron chi connectivity index (χ1n) is 10.2. The molecule has 3 aromatic rings. The van der Waals surface area contributed by atoms with Gasteiger partial charge < -0.3 is 14.8 Å². The van der Waals surface area contributed by atoms with Crippen LogP contribution in [0.4, 0.5) is 5.69 Å². The third kappa shape index (κ3) is 7.93. The van der Waals surface area contributed by atoms with E-state index in [2.05, 4.69) is 5.32 Å². The van der Waals surface area contributed by atoms with Crippen molar-refractivity contribution in [2.75, 3.05) is 11.9 Å². The summed E-state index contributed by atoms with van der Waals surface area (Å²) in [6.07, 6.45) is 0.433. The molecular formula is C25H21Cl2NO5. The standard InChI is InChI=1S/C25H21Cl2NO5/c26-18-9-12-20(13-10-18)33-23-14-11-19(15-21(23)27)28-24(30)7-4-8-25(31)32-16-22(29)17-5-2-1-3-6-17/h1-3,5-6,9-15H,4,7-8,16H2,(H,28,30). The van der Waals surface area contributed by atoms with Crippen LogP contribution in [0.25, 0.3) is 0 Å². The molecule has 0 atom stereocenters. The minimum atomic E-state index is -0.529. The number of carbonyl (C=O) groups excluding carboxylic acids is 3. The van der Waals surface area contributed by atoms with E-state index in [-0.39, 0.29) is 37.6 Å². The van der Waals surface area contributed by atoms with E-state index in [9.17, 15) is 14.4 Å². The summed E-state index contributed by atoms with van der Waals surface area (Å²) in [6.45, 7) is -0.321. The molecule has 0 saturated heterocycles. The van der Waals surface area contributed by atoms with Gasteiger partial charge in [0.1, 0.15) is 11.5 Å². The molecule has 0 unspecified atom stereocenters. The van der Waals surface area contributed by atoms with Crippen LogP contribution in [-0.4, -0.2) is 24.3 Å². The van der Waals surface area contributed by atoms with Gasteiger partial charge in [-0.05, 0) is 48.9 Å². The Hall–Kier alpha value is -3.35. The van der Waals surface area contributed by atoms with Gasteiger partial charge in [-0.25, -0.2) is 0 Å². The lowest BCUT2D eigenvalue weighted by Gasteiger charge is -2.10. The van der Waals surface area contributed by atoms with Crippen molar-refractivity contribution in [3.05, 3.63) is 88.4 Å². The van der Waals surface area contributed by atoms with Gasteiger partial charge >= 0.3 is 5.97 Å². The lowest BCUT2D eigenvalue weighted by atomic mass is 10.1. The van der Waals surface area contributed by atoms with Crippen molar-refractivity contribution in [1.29, 1.82) is 0 Å². The number of rotatable bonds is 10. The number of ketones is 1. The summed E-state index contributed by atoms with van der Waals surface area (Å²) in [5.41, 5.74) is 0.984. The number of amides is 1. The molecule has 170 valence electrons. The first-order chi connectivity index (χ1) is 15.9. The van der Waals surface area contributed by atoms with Gasteiger partial charge in [-0.2, -0.15) is 0 Å². The second-order valence-electron chi connectivity index (χ2n) is 7.05. The van der Waals surface area contributed by atoms with Crippen molar-refractivity contribution in [2.45, 2.75) is 19.3 Å². The van der Waals surface area contributed by atoms with Gasteiger partial charge in [-0.1, -0.05) is 53.5 Å². The topological polar surface area (TPSA) is 81.7 Å². The average molecular weight is 486 g/mol. The minimum absolute atomic E-state index is 0.0319. The van der Waals surface area contributed by atoms with E-state index in [0.717, 1.165) is 0 Å². The molecule has 0 saturated carbocycles. The van der Waals surface area contributed by atoms with E-state index in [0.29, 0.717) is 32.8 Å². The summed E-state index contributed by atoms with van der Waals surface area (Å²) in [5.74, 6) is -0.0632. The molecule has 33 heavy (non-hydrogen) atoms. The van der Waals surface area contributed by atoms with Gasteiger partial charge in [-0.15, -0.1) is 0 Å². The highest BCUT2D eigenvalue weighted by Gasteiger charge is 2.12. The maximum absolute atomic E-state index is 12.2. The molecule has 3 rings (SSSR count). The van der Waals surface area contributed by atoms with E-state index < -0.39 is 5.97 Å². The number of halogens is 2. The summed E-state index contributed by atoms with van der Waals surface area (Å²) in [6, 6.07) is 20.3. The lowest BCUT2D eigenvalue weighted by molar-refractivity contribution is -0.142. The molecule has 0 radical (unpaired) electrons. The van der Waals surface area contributed by atoms with Gasteiger partial charge in [0, 0.05) is 29.1 Å². The Kier molecular flexibility index (Phi) is 8.87. The van der Waals surface area contributed by atoms with Crippen molar-refractivity contribution in [2.24, 2.45) is 0 Å². The highest BCUT2D eigenvalue weighted by molar-refractivity contribution is 6.32. The van der Waals surface area contributed by atoms with Crippen LogP contribution >= 0.6 is 23.2 Å².